The Morgan fingerprint density at radius 1 is 1.29 bits per heavy atom. The second-order valence-electron chi connectivity index (χ2n) is 7.36. The van der Waals surface area contributed by atoms with Gasteiger partial charge >= 0.3 is 5.51 Å². The molecule has 2 heterocycles. The first-order chi connectivity index (χ1) is 14.5. The second-order valence-corrected chi connectivity index (χ2v) is 10.7. The minimum atomic E-state index is -4.43. The highest BCUT2D eigenvalue weighted by Gasteiger charge is 2.46. The summed E-state index contributed by atoms with van der Waals surface area (Å²) in [5.41, 5.74) is -3.63. The molecular formula is C20H17F3N4O2S2. The predicted molar refractivity (Wildman–Crippen MR) is 110 cm³/mol. The first-order valence-electron chi connectivity index (χ1n) is 9.37. The lowest BCUT2D eigenvalue weighted by Gasteiger charge is -2.13. The number of sulfone groups is 1. The highest BCUT2D eigenvalue weighted by atomic mass is 32.2. The van der Waals surface area contributed by atoms with Gasteiger partial charge in [-0.1, -0.05) is 6.92 Å². The van der Waals surface area contributed by atoms with Crippen molar-refractivity contribution in [2.24, 2.45) is 7.05 Å². The Labute approximate surface area is 181 Å². The zero-order chi connectivity index (χ0) is 22.6. The van der Waals surface area contributed by atoms with Crippen molar-refractivity contribution in [2.45, 2.75) is 40.5 Å². The zero-order valence-corrected chi connectivity index (χ0v) is 18.2. The lowest BCUT2D eigenvalue weighted by Crippen LogP contribution is -2.12. The van der Waals surface area contributed by atoms with Crippen LogP contribution in [-0.2, 0) is 22.3 Å². The molecule has 3 aromatic rings. The molecule has 0 unspecified atom stereocenters. The fourth-order valence-electron chi connectivity index (χ4n) is 3.45. The zero-order valence-electron chi connectivity index (χ0n) is 16.6. The summed E-state index contributed by atoms with van der Waals surface area (Å²) in [6.07, 6.45) is 2.77. The molecule has 31 heavy (non-hydrogen) atoms. The van der Waals surface area contributed by atoms with Crippen molar-refractivity contribution in [1.29, 1.82) is 5.26 Å². The molecule has 2 aromatic heterocycles. The predicted octanol–water partition coefficient (Wildman–Crippen LogP) is 4.60. The topological polar surface area (TPSA) is 88.6 Å². The van der Waals surface area contributed by atoms with Crippen molar-refractivity contribution in [2.75, 3.05) is 5.75 Å². The number of thioether (sulfide) groups is 1. The van der Waals surface area contributed by atoms with Crippen LogP contribution in [-0.4, -0.2) is 34.2 Å². The first-order valence-corrected chi connectivity index (χ1v) is 11.8. The molecule has 0 saturated heterocycles. The normalized spacial score (nSPS) is 15.7. The van der Waals surface area contributed by atoms with Crippen molar-refractivity contribution in [3.05, 3.63) is 36.0 Å². The van der Waals surface area contributed by atoms with Crippen molar-refractivity contribution >= 4 is 32.6 Å². The lowest BCUT2D eigenvalue weighted by atomic mass is 9.99. The SMILES string of the molecule is CCS(=O)(=O)c1cc(C2(C#N)CC2)cnc1-c1nc2cc(SC(F)(F)F)ccc2n1C. The first kappa shape index (κ1) is 21.6. The summed E-state index contributed by atoms with van der Waals surface area (Å²) in [7, 11) is -2.06. The number of hydrogen-bond donors (Lipinski definition) is 0. The van der Waals surface area contributed by atoms with E-state index in [4.69, 9.17) is 0 Å². The summed E-state index contributed by atoms with van der Waals surface area (Å²) in [6.45, 7) is 1.51. The van der Waals surface area contributed by atoms with Crippen molar-refractivity contribution in [3.63, 3.8) is 0 Å². The Balaban J connectivity index is 1.89. The molecule has 0 bridgehead atoms. The van der Waals surface area contributed by atoms with Crippen LogP contribution in [0, 0.1) is 11.3 Å². The van der Waals surface area contributed by atoms with E-state index in [9.17, 15) is 26.9 Å². The summed E-state index contributed by atoms with van der Waals surface area (Å²) < 4.78 is 65.4. The smallest absolute Gasteiger partial charge is 0.326 e. The van der Waals surface area contributed by atoms with Gasteiger partial charge in [-0.25, -0.2) is 13.4 Å². The Morgan fingerprint density at radius 2 is 2.00 bits per heavy atom. The Morgan fingerprint density at radius 3 is 2.58 bits per heavy atom. The van der Waals surface area contributed by atoms with Gasteiger partial charge in [0.1, 0.15) is 5.69 Å². The minimum Gasteiger partial charge on any atom is -0.326 e. The van der Waals surface area contributed by atoms with Gasteiger partial charge in [-0.05, 0) is 54.4 Å². The molecule has 1 aromatic carbocycles. The average Bonchev–Trinajstić information content (AvgIpc) is 3.45. The van der Waals surface area contributed by atoms with Gasteiger partial charge < -0.3 is 4.57 Å². The van der Waals surface area contributed by atoms with E-state index in [1.54, 1.807) is 11.6 Å². The van der Waals surface area contributed by atoms with Crippen LogP contribution in [0.15, 0.2) is 40.3 Å². The fourth-order valence-corrected chi connectivity index (χ4v) is 5.08. The van der Waals surface area contributed by atoms with Crippen LogP contribution in [0.5, 0.6) is 0 Å². The average molecular weight is 467 g/mol. The van der Waals surface area contributed by atoms with Crippen LogP contribution in [0.3, 0.4) is 0 Å². The van der Waals surface area contributed by atoms with Gasteiger partial charge in [-0.3, -0.25) is 4.98 Å². The van der Waals surface area contributed by atoms with E-state index >= 15 is 0 Å². The monoisotopic (exact) mass is 466 g/mol. The number of halogens is 3. The maximum Gasteiger partial charge on any atom is 0.446 e. The molecule has 1 saturated carbocycles. The number of rotatable bonds is 5. The summed E-state index contributed by atoms with van der Waals surface area (Å²) >= 11 is -0.240. The summed E-state index contributed by atoms with van der Waals surface area (Å²) in [5.74, 6) is 0.0608. The molecule has 1 aliphatic carbocycles. The van der Waals surface area contributed by atoms with Gasteiger partial charge in [0, 0.05) is 18.1 Å². The molecule has 0 spiro atoms. The minimum absolute atomic E-state index is 0.0148. The molecular weight excluding hydrogens is 449 g/mol. The number of aromatic nitrogens is 3. The van der Waals surface area contributed by atoms with Gasteiger partial charge in [-0.2, -0.15) is 18.4 Å². The largest absolute Gasteiger partial charge is 0.446 e. The molecule has 0 radical (unpaired) electrons. The highest BCUT2D eigenvalue weighted by molar-refractivity contribution is 8.00. The van der Waals surface area contributed by atoms with E-state index in [2.05, 4.69) is 16.0 Å². The number of aryl methyl sites for hydroxylation is 1. The Bertz CT molecular complexity index is 1340. The van der Waals surface area contributed by atoms with Gasteiger partial charge in [0.15, 0.2) is 15.7 Å². The van der Waals surface area contributed by atoms with Crippen LogP contribution in [0.2, 0.25) is 0 Å². The van der Waals surface area contributed by atoms with Crippen molar-refractivity contribution in [1.82, 2.24) is 14.5 Å². The lowest BCUT2D eigenvalue weighted by molar-refractivity contribution is -0.0328. The van der Waals surface area contributed by atoms with Gasteiger partial charge in [0.25, 0.3) is 0 Å². The molecule has 0 amide bonds. The summed E-state index contributed by atoms with van der Waals surface area (Å²) in [6, 6.07) is 7.89. The quantitative estimate of drug-likeness (QED) is 0.511. The van der Waals surface area contributed by atoms with Crippen molar-refractivity contribution < 1.29 is 21.6 Å². The fraction of sp³-hybridized carbons (Fsp3) is 0.350. The number of imidazole rings is 1. The molecule has 6 nitrogen and oxygen atoms in total. The third-order valence-electron chi connectivity index (χ3n) is 5.38. The number of alkyl halides is 3. The van der Waals surface area contributed by atoms with Crippen LogP contribution in [0.1, 0.15) is 25.3 Å². The molecule has 0 N–H and O–H groups in total. The molecule has 1 aliphatic rings. The van der Waals surface area contributed by atoms with Crippen molar-refractivity contribution in [3.8, 4) is 17.6 Å². The standard InChI is InChI=1S/C20H17F3N4O2S2/c1-3-31(28,29)16-8-12(19(11-24)6-7-19)10-25-17(16)18-26-14-9-13(30-20(21,22)23)4-5-15(14)27(18)2/h4-5,8-10H,3,6-7H2,1-2H3. The second kappa shape index (κ2) is 7.24. The van der Waals surface area contributed by atoms with E-state index < -0.39 is 20.8 Å². The number of nitrogens with zero attached hydrogens (tertiary/aromatic N) is 4. The third-order valence-corrected chi connectivity index (χ3v) is 7.84. The number of fused-ring (bicyclic) bond motifs is 1. The van der Waals surface area contributed by atoms with E-state index in [0.717, 1.165) is 0 Å². The third kappa shape index (κ3) is 3.90. The molecule has 1 fully saturated rings. The van der Waals surface area contributed by atoms with Gasteiger partial charge in [0.05, 0.1) is 33.2 Å². The van der Waals surface area contributed by atoms with Crippen LogP contribution < -0.4 is 0 Å². The van der Waals surface area contributed by atoms with E-state index in [0.29, 0.717) is 29.4 Å². The molecule has 11 heteroatoms. The Hall–Kier alpha value is -2.58. The van der Waals surface area contributed by atoms with E-state index in [1.165, 1.54) is 37.4 Å². The Kier molecular flexibility index (Phi) is 5.05. The maximum atomic E-state index is 12.8. The number of nitriles is 1. The van der Waals surface area contributed by atoms with Gasteiger partial charge in [-0.15, -0.1) is 0 Å². The molecule has 0 aliphatic heterocycles. The van der Waals surface area contributed by atoms with Crippen LogP contribution >= 0.6 is 11.8 Å². The van der Waals surface area contributed by atoms with Crippen LogP contribution in [0.4, 0.5) is 13.2 Å². The molecule has 4 rings (SSSR count). The highest BCUT2D eigenvalue weighted by Crippen LogP contribution is 2.48. The maximum absolute atomic E-state index is 12.8. The van der Waals surface area contributed by atoms with Gasteiger partial charge in [0.2, 0.25) is 0 Å². The number of hydrogen-bond acceptors (Lipinski definition) is 6. The summed E-state index contributed by atoms with van der Waals surface area (Å²) in [4.78, 5) is 8.71. The number of pyridine rings is 1. The molecule has 0 atom stereocenters. The van der Waals surface area contributed by atoms with E-state index in [-0.39, 0.29) is 38.8 Å². The number of benzene rings is 1. The summed E-state index contributed by atoms with van der Waals surface area (Å²) in [5, 5.41) is 9.47. The molecule has 162 valence electrons. The van der Waals surface area contributed by atoms with Crippen LogP contribution in [0.25, 0.3) is 22.6 Å². The van der Waals surface area contributed by atoms with E-state index in [1.807, 2.05) is 0 Å².